The van der Waals surface area contributed by atoms with Crippen molar-refractivity contribution in [2.24, 2.45) is 0 Å². The summed E-state index contributed by atoms with van der Waals surface area (Å²) < 4.78 is 0. The minimum absolute atomic E-state index is 0.237. The number of nitrogens with zero attached hydrogens (tertiary/aromatic N) is 4. The highest BCUT2D eigenvalue weighted by Crippen LogP contribution is 2.23. The molecule has 6 heteroatoms. The first-order valence-corrected chi connectivity index (χ1v) is 8.94. The number of halogens is 1. The molecule has 0 spiro atoms. The van der Waals surface area contributed by atoms with Crippen LogP contribution >= 0.6 is 11.6 Å². The fraction of sp³-hybridized carbons (Fsp3) is 0.250. The summed E-state index contributed by atoms with van der Waals surface area (Å²) in [6, 6.07) is 16.3. The molecule has 0 saturated heterocycles. The second kappa shape index (κ2) is 8.15. The first-order chi connectivity index (χ1) is 12.5. The minimum atomic E-state index is 0.237. The van der Waals surface area contributed by atoms with E-state index in [4.69, 9.17) is 11.6 Å². The summed E-state index contributed by atoms with van der Waals surface area (Å²) in [4.78, 5) is 6.76. The van der Waals surface area contributed by atoms with E-state index in [0.29, 0.717) is 16.8 Å². The van der Waals surface area contributed by atoms with Crippen LogP contribution in [0.4, 0.5) is 17.5 Å². The molecule has 2 aromatic carbocycles. The summed E-state index contributed by atoms with van der Waals surface area (Å²) in [7, 11) is 0. The van der Waals surface area contributed by atoms with E-state index in [2.05, 4.69) is 51.4 Å². The van der Waals surface area contributed by atoms with Gasteiger partial charge in [0.1, 0.15) is 0 Å². The molecule has 3 rings (SSSR count). The zero-order valence-corrected chi connectivity index (χ0v) is 15.9. The van der Waals surface area contributed by atoms with E-state index >= 15 is 0 Å². The summed E-state index contributed by atoms with van der Waals surface area (Å²) in [5.41, 5.74) is 3.10. The highest BCUT2D eigenvalue weighted by Gasteiger charge is 2.15. The van der Waals surface area contributed by atoms with Gasteiger partial charge in [-0.1, -0.05) is 48.0 Å². The van der Waals surface area contributed by atoms with Crippen LogP contribution in [-0.4, -0.2) is 21.2 Å². The molecule has 0 bridgehead atoms. The number of aryl methyl sites for hydroxylation is 1. The zero-order chi connectivity index (χ0) is 18.5. The molecule has 26 heavy (non-hydrogen) atoms. The summed E-state index contributed by atoms with van der Waals surface area (Å²) in [6.07, 6.45) is 1.61. The Morgan fingerprint density at radius 2 is 1.88 bits per heavy atom. The van der Waals surface area contributed by atoms with Gasteiger partial charge in [0.2, 0.25) is 5.95 Å². The molecule has 1 N–H and O–H groups in total. The van der Waals surface area contributed by atoms with Crippen molar-refractivity contribution in [3.05, 3.63) is 70.9 Å². The Labute approximate surface area is 159 Å². The van der Waals surface area contributed by atoms with E-state index in [1.807, 2.05) is 43.3 Å². The Bertz CT molecular complexity index is 867. The van der Waals surface area contributed by atoms with Gasteiger partial charge in [-0.15, -0.1) is 5.10 Å². The van der Waals surface area contributed by atoms with Gasteiger partial charge in [-0.3, -0.25) is 0 Å². The monoisotopic (exact) mass is 367 g/mol. The van der Waals surface area contributed by atoms with Crippen LogP contribution in [0.15, 0.2) is 54.7 Å². The summed E-state index contributed by atoms with van der Waals surface area (Å²) in [5, 5.41) is 12.3. The predicted molar refractivity (Wildman–Crippen MR) is 107 cm³/mol. The molecule has 0 saturated carbocycles. The van der Waals surface area contributed by atoms with E-state index in [-0.39, 0.29) is 6.04 Å². The fourth-order valence-corrected chi connectivity index (χ4v) is 2.74. The van der Waals surface area contributed by atoms with Gasteiger partial charge < -0.3 is 10.2 Å². The van der Waals surface area contributed by atoms with E-state index in [1.54, 1.807) is 6.20 Å². The third-order valence-corrected chi connectivity index (χ3v) is 4.48. The maximum absolute atomic E-state index is 6.20. The van der Waals surface area contributed by atoms with Crippen molar-refractivity contribution in [2.45, 2.75) is 33.4 Å². The molecule has 1 heterocycles. The third kappa shape index (κ3) is 4.49. The Morgan fingerprint density at radius 3 is 2.58 bits per heavy atom. The third-order valence-electron chi connectivity index (χ3n) is 4.07. The van der Waals surface area contributed by atoms with Crippen LogP contribution < -0.4 is 10.2 Å². The van der Waals surface area contributed by atoms with E-state index < -0.39 is 0 Å². The smallest absolute Gasteiger partial charge is 0.247 e. The van der Waals surface area contributed by atoms with Crippen LogP contribution in [0.3, 0.4) is 0 Å². The predicted octanol–water partition coefficient (Wildman–Crippen LogP) is 4.99. The van der Waals surface area contributed by atoms with Gasteiger partial charge in [-0.25, -0.2) is 0 Å². The summed E-state index contributed by atoms with van der Waals surface area (Å²) in [6.45, 7) is 6.93. The highest BCUT2D eigenvalue weighted by atomic mass is 35.5. The molecule has 1 aromatic heterocycles. The Morgan fingerprint density at radius 1 is 1.12 bits per heavy atom. The molecule has 0 aliphatic carbocycles. The van der Waals surface area contributed by atoms with Crippen molar-refractivity contribution in [1.29, 1.82) is 0 Å². The molecule has 0 radical (unpaired) electrons. The first-order valence-electron chi connectivity index (χ1n) is 8.56. The normalized spacial score (nSPS) is 10.8. The quantitative estimate of drug-likeness (QED) is 0.665. The van der Waals surface area contributed by atoms with Crippen LogP contribution in [0.2, 0.25) is 5.02 Å². The number of nitrogens with one attached hydrogen (secondary N) is 1. The molecule has 3 aromatic rings. The highest BCUT2D eigenvalue weighted by molar-refractivity contribution is 6.31. The number of aromatic nitrogens is 3. The lowest BCUT2D eigenvalue weighted by Crippen LogP contribution is -2.32. The molecular formula is C20H22ClN5. The maximum Gasteiger partial charge on any atom is 0.247 e. The maximum atomic E-state index is 6.20. The average Bonchev–Trinajstić information content (AvgIpc) is 2.64. The fourth-order valence-electron chi connectivity index (χ4n) is 2.56. The number of hydrogen-bond acceptors (Lipinski definition) is 5. The second-order valence-electron chi connectivity index (χ2n) is 6.44. The van der Waals surface area contributed by atoms with Crippen molar-refractivity contribution >= 4 is 29.1 Å². The molecule has 0 aliphatic heterocycles. The van der Waals surface area contributed by atoms with Gasteiger partial charge in [-0.05, 0) is 44.0 Å². The van der Waals surface area contributed by atoms with Crippen LogP contribution in [0.25, 0.3) is 0 Å². The van der Waals surface area contributed by atoms with Crippen LogP contribution in [0.5, 0.6) is 0 Å². The van der Waals surface area contributed by atoms with E-state index in [1.165, 1.54) is 5.56 Å². The molecular weight excluding hydrogens is 346 g/mol. The zero-order valence-electron chi connectivity index (χ0n) is 15.1. The van der Waals surface area contributed by atoms with Crippen LogP contribution in [0, 0.1) is 6.92 Å². The lowest BCUT2D eigenvalue weighted by molar-refractivity contribution is 0.653. The van der Waals surface area contributed by atoms with Gasteiger partial charge in [0.05, 0.1) is 6.20 Å². The summed E-state index contributed by atoms with van der Waals surface area (Å²) >= 11 is 6.20. The van der Waals surface area contributed by atoms with Crippen molar-refractivity contribution < 1.29 is 0 Å². The molecule has 0 fully saturated rings. The number of benzene rings is 2. The van der Waals surface area contributed by atoms with Gasteiger partial charge >= 0.3 is 0 Å². The van der Waals surface area contributed by atoms with Crippen molar-refractivity contribution in [2.75, 3.05) is 10.2 Å². The van der Waals surface area contributed by atoms with Crippen molar-refractivity contribution in [3.8, 4) is 0 Å². The Hall–Kier alpha value is -2.66. The molecule has 0 amide bonds. The molecule has 0 atom stereocenters. The van der Waals surface area contributed by atoms with Crippen molar-refractivity contribution in [3.63, 3.8) is 0 Å². The molecule has 134 valence electrons. The van der Waals surface area contributed by atoms with Gasteiger partial charge in [-0.2, -0.15) is 10.1 Å². The average molecular weight is 368 g/mol. The van der Waals surface area contributed by atoms with Crippen LogP contribution in [0.1, 0.15) is 25.0 Å². The van der Waals surface area contributed by atoms with E-state index in [9.17, 15) is 0 Å². The molecule has 0 unspecified atom stereocenters. The van der Waals surface area contributed by atoms with Gasteiger partial charge in [0.15, 0.2) is 5.82 Å². The Kier molecular flexibility index (Phi) is 5.68. The topological polar surface area (TPSA) is 53.9 Å². The minimum Gasteiger partial charge on any atom is -0.339 e. The Balaban J connectivity index is 1.82. The van der Waals surface area contributed by atoms with Gasteiger partial charge in [0, 0.05) is 23.3 Å². The van der Waals surface area contributed by atoms with E-state index in [0.717, 1.165) is 17.8 Å². The number of rotatable bonds is 6. The second-order valence-corrected chi connectivity index (χ2v) is 6.85. The largest absolute Gasteiger partial charge is 0.339 e. The first kappa shape index (κ1) is 18.1. The van der Waals surface area contributed by atoms with Gasteiger partial charge in [0.25, 0.3) is 0 Å². The lowest BCUT2D eigenvalue weighted by atomic mass is 10.2. The van der Waals surface area contributed by atoms with Crippen molar-refractivity contribution in [1.82, 2.24) is 15.2 Å². The lowest BCUT2D eigenvalue weighted by Gasteiger charge is -2.26. The summed E-state index contributed by atoms with van der Waals surface area (Å²) in [5.74, 6) is 1.22. The SMILES string of the molecule is Cc1ccc(Nc2cnnc(N(Cc3ccccc3)C(C)C)n2)cc1Cl. The number of anilines is 3. The number of hydrogen-bond donors (Lipinski definition) is 1. The molecule has 5 nitrogen and oxygen atoms in total. The molecule has 0 aliphatic rings. The van der Waals surface area contributed by atoms with Crippen LogP contribution in [-0.2, 0) is 6.54 Å². The standard InChI is InChI=1S/C20H22ClN5/c1-14(2)26(13-16-7-5-4-6-8-16)20-24-19(12-22-25-20)23-17-10-9-15(3)18(21)11-17/h4-12,14H,13H2,1-3H3,(H,23,24,25).